The summed E-state index contributed by atoms with van der Waals surface area (Å²) in [6.07, 6.45) is 1.96. The van der Waals surface area contributed by atoms with Gasteiger partial charge in [0, 0.05) is 6.04 Å². The summed E-state index contributed by atoms with van der Waals surface area (Å²) < 4.78 is 1.21. The minimum Gasteiger partial charge on any atom is -0.476 e. The molecule has 0 saturated carbocycles. The van der Waals surface area contributed by atoms with Crippen LogP contribution in [0.1, 0.15) is 48.3 Å². The summed E-state index contributed by atoms with van der Waals surface area (Å²) >= 11 is 0. The van der Waals surface area contributed by atoms with E-state index in [4.69, 9.17) is 5.11 Å². The minimum atomic E-state index is -1.17. The second kappa shape index (κ2) is 7.72. The number of nitrogens with one attached hydrogen (secondary N) is 1. The predicted molar refractivity (Wildman–Crippen MR) is 88.8 cm³/mol. The maximum absolute atomic E-state index is 12.0. The fourth-order valence-corrected chi connectivity index (χ4v) is 2.38. The zero-order valence-corrected chi connectivity index (χ0v) is 14.1. The molecule has 2 N–H and O–H groups in total. The summed E-state index contributed by atoms with van der Waals surface area (Å²) in [5.41, 5.74) is 2.26. The first kappa shape index (κ1) is 17.7. The molecule has 0 aliphatic heterocycles. The molecule has 128 valence electrons. The molecular weight excluding hydrogens is 308 g/mol. The molecule has 1 aromatic carbocycles. The number of rotatable bonds is 7. The van der Waals surface area contributed by atoms with Crippen molar-refractivity contribution in [3.8, 4) is 0 Å². The van der Waals surface area contributed by atoms with Gasteiger partial charge in [-0.15, -0.1) is 5.10 Å². The molecule has 7 nitrogen and oxygen atoms in total. The zero-order chi connectivity index (χ0) is 17.7. The normalized spacial score (nSPS) is 12.2. The van der Waals surface area contributed by atoms with E-state index in [0.717, 1.165) is 12.0 Å². The Bertz CT molecular complexity index is 707. The lowest BCUT2D eigenvalue weighted by molar-refractivity contribution is -0.122. The van der Waals surface area contributed by atoms with E-state index in [1.807, 2.05) is 6.92 Å². The van der Waals surface area contributed by atoms with Crippen LogP contribution in [0.3, 0.4) is 0 Å². The first-order chi connectivity index (χ1) is 11.3. The van der Waals surface area contributed by atoms with Gasteiger partial charge in [0.25, 0.3) is 0 Å². The van der Waals surface area contributed by atoms with Crippen LogP contribution in [0.5, 0.6) is 0 Å². The number of aromatic nitrogens is 3. The number of carbonyl (C=O) groups is 2. The Balaban J connectivity index is 1.85. The van der Waals surface area contributed by atoms with Crippen LogP contribution in [0.4, 0.5) is 0 Å². The lowest BCUT2D eigenvalue weighted by atomic mass is 9.99. The lowest BCUT2D eigenvalue weighted by Gasteiger charge is -2.14. The van der Waals surface area contributed by atoms with E-state index < -0.39 is 5.97 Å². The van der Waals surface area contributed by atoms with Gasteiger partial charge < -0.3 is 10.4 Å². The van der Waals surface area contributed by atoms with Crippen molar-refractivity contribution in [1.29, 1.82) is 0 Å². The summed E-state index contributed by atoms with van der Waals surface area (Å²) in [5, 5.41) is 18.7. The van der Waals surface area contributed by atoms with Gasteiger partial charge in [0.1, 0.15) is 6.54 Å². The van der Waals surface area contributed by atoms with E-state index in [1.165, 1.54) is 16.4 Å². The molecule has 0 saturated heterocycles. The number of benzene rings is 1. The van der Waals surface area contributed by atoms with Crippen molar-refractivity contribution in [2.45, 2.75) is 45.7 Å². The van der Waals surface area contributed by atoms with Crippen molar-refractivity contribution in [2.24, 2.45) is 0 Å². The molecule has 1 atom stereocenters. The predicted octanol–water partition coefficient (Wildman–Crippen LogP) is 1.85. The molecule has 2 rings (SSSR count). The van der Waals surface area contributed by atoms with Crippen LogP contribution >= 0.6 is 0 Å². The molecule has 24 heavy (non-hydrogen) atoms. The second-order valence-electron chi connectivity index (χ2n) is 6.18. The third-order valence-corrected chi connectivity index (χ3v) is 3.66. The molecule has 2 aromatic rings. The highest BCUT2D eigenvalue weighted by atomic mass is 16.4. The van der Waals surface area contributed by atoms with Gasteiger partial charge in [0.05, 0.1) is 6.20 Å². The fraction of sp³-hybridized carbons (Fsp3) is 0.412. The van der Waals surface area contributed by atoms with Gasteiger partial charge in [-0.05, 0) is 30.4 Å². The molecular formula is C17H22N4O3. The first-order valence-corrected chi connectivity index (χ1v) is 7.86. The van der Waals surface area contributed by atoms with Crippen molar-refractivity contribution < 1.29 is 14.7 Å². The van der Waals surface area contributed by atoms with Gasteiger partial charge in [0.2, 0.25) is 5.91 Å². The molecule has 0 fully saturated rings. The van der Waals surface area contributed by atoms with Crippen molar-refractivity contribution in [3.63, 3.8) is 0 Å². The Morgan fingerprint density at radius 1 is 1.21 bits per heavy atom. The van der Waals surface area contributed by atoms with Gasteiger partial charge in [-0.2, -0.15) is 0 Å². The average molecular weight is 330 g/mol. The monoisotopic (exact) mass is 330 g/mol. The van der Waals surface area contributed by atoms with Crippen LogP contribution in [0.25, 0.3) is 0 Å². The Labute approximate surface area is 140 Å². The number of nitrogens with zero attached hydrogens (tertiary/aromatic N) is 3. The highest BCUT2D eigenvalue weighted by molar-refractivity contribution is 5.84. The van der Waals surface area contributed by atoms with Crippen LogP contribution in [-0.2, 0) is 17.8 Å². The molecule has 0 spiro atoms. The summed E-state index contributed by atoms with van der Waals surface area (Å²) in [7, 11) is 0. The van der Waals surface area contributed by atoms with E-state index in [1.54, 1.807) is 0 Å². The molecule has 0 aliphatic carbocycles. The van der Waals surface area contributed by atoms with E-state index in [-0.39, 0.29) is 24.2 Å². The van der Waals surface area contributed by atoms with Gasteiger partial charge in [-0.25, -0.2) is 9.48 Å². The molecule has 1 aromatic heterocycles. The minimum absolute atomic E-state index is 0.0372. The van der Waals surface area contributed by atoms with Crippen LogP contribution < -0.4 is 5.32 Å². The van der Waals surface area contributed by atoms with Crippen molar-refractivity contribution in [2.75, 3.05) is 0 Å². The van der Waals surface area contributed by atoms with E-state index >= 15 is 0 Å². The van der Waals surface area contributed by atoms with Gasteiger partial charge in [0.15, 0.2) is 5.69 Å². The summed E-state index contributed by atoms with van der Waals surface area (Å²) in [6.45, 7) is 6.17. The summed E-state index contributed by atoms with van der Waals surface area (Å²) in [6, 6.07) is 8.34. The van der Waals surface area contributed by atoms with E-state index in [9.17, 15) is 9.59 Å². The Morgan fingerprint density at radius 2 is 1.88 bits per heavy atom. The van der Waals surface area contributed by atoms with Crippen LogP contribution in [0, 0.1) is 0 Å². The van der Waals surface area contributed by atoms with Gasteiger partial charge in [-0.1, -0.05) is 43.3 Å². The molecule has 1 unspecified atom stereocenters. The Hall–Kier alpha value is -2.70. The maximum Gasteiger partial charge on any atom is 0.358 e. The SMILES string of the molecule is CC(Cc1ccc(C(C)C)cc1)NC(=O)Cn1cc(C(=O)O)nn1. The molecule has 1 amide bonds. The number of carboxylic acids is 1. The van der Waals surface area contributed by atoms with Gasteiger partial charge in [-0.3, -0.25) is 4.79 Å². The van der Waals surface area contributed by atoms with Crippen molar-refractivity contribution >= 4 is 11.9 Å². The second-order valence-corrected chi connectivity index (χ2v) is 6.18. The molecule has 0 aliphatic rings. The molecule has 0 bridgehead atoms. The highest BCUT2D eigenvalue weighted by Crippen LogP contribution is 2.15. The Morgan fingerprint density at radius 3 is 2.42 bits per heavy atom. The lowest BCUT2D eigenvalue weighted by Crippen LogP contribution is -2.36. The number of hydrogen-bond donors (Lipinski definition) is 2. The average Bonchev–Trinajstić information content (AvgIpc) is 2.96. The summed E-state index contributed by atoms with van der Waals surface area (Å²) in [5.74, 6) is -0.905. The first-order valence-electron chi connectivity index (χ1n) is 7.86. The number of aromatic carboxylic acids is 1. The van der Waals surface area contributed by atoms with Crippen LogP contribution in [0.2, 0.25) is 0 Å². The maximum atomic E-state index is 12.0. The number of carboxylic acid groups (broad SMARTS) is 1. The molecule has 1 heterocycles. The zero-order valence-electron chi connectivity index (χ0n) is 14.1. The van der Waals surface area contributed by atoms with Crippen molar-refractivity contribution in [1.82, 2.24) is 20.3 Å². The molecule has 7 heteroatoms. The Kier molecular flexibility index (Phi) is 5.68. The smallest absolute Gasteiger partial charge is 0.358 e. The van der Waals surface area contributed by atoms with E-state index in [2.05, 4.69) is 53.7 Å². The van der Waals surface area contributed by atoms with Crippen molar-refractivity contribution in [3.05, 3.63) is 47.3 Å². The number of hydrogen-bond acceptors (Lipinski definition) is 4. The fourth-order valence-electron chi connectivity index (χ4n) is 2.38. The quantitative estimate of drug-likeness (QED) is 0.807. The summed E-state index contributed by atoms with van der Waals surface area (Å²) in [4.78, 5) is 22.7. The van der Waals surface area contributed by atoms with E-state index in [0.29, 0.717) is 5.92 Å². The third-order valence-electron chi connectivity index (χ3n) is 3.66. The van der Waals surface area contributed by atoms with Crippen LogP contribution in [-0.4, -0.2) is 38.0 Å². The number of amides is 1. The number of carbonyl (C=O) groups excluding carboxylic acids is 1. The largest absolute Gasteiger partial charge is 0.476 e. The third kappa shape index (κ3) is 4.91. The molecule has 0 radical (unpaired) electrons. The standard InChI is InChI=1S/C17H22N4O3/c1-11(2)14-6-4-13(5-7-14)8-12(3)18-16(22)10-21-9-15(17(23)24)19-20-21/h4-7,9,11-12H,8,10H2,1-3H3,(H,18,22)(H,23,24). The van der Waals surface area contributed by atoms with Crippen LogP contribution in [0.15, 0.2) is 30.5 Å². The van der Waals surface area contributed by atoms with Gasteiger partial charge >= 0.3 is 5.97 Å². The highest BCUT2D eigenvalue weighted by Gasteiger charge is 2.12. The topological polar surface area (TPSA) is 97.1 Å².